The molecule has 0 atom stereocenters. The summed E-state index contributed by atoms with van der Waals surface area (Å²) in [6.45, 7) is 4.19. The van der Waals surface area contributed by atoms with Crippen LogP contribution in [0.3, 0.4) is 0 Å². The zero-order chi connectivity index (χ0) is 25.4. The number of halogens is 3. The second-order valence-electron chi connectivity index (χ2n) is 8.54. The molecule has 1 saturated heterocycles. The number of morpholine rings is 1. The first-order valence-corrected chi connectivity index (χ1v) is 11.8. The fraction of sp³-hybridized carbons (Fsp3) is 0.346. The highest BCUT2D eigenvalue weighted by Gasteiger charge is 2.31. The number of hydrogen-bond donors (Lipinski definition) is 2. The molecule has 2 aromatic heterocycles. The highest BCUT2D eigenvalue weighted by molar-refractivity contribution is 6.07. The number of carbonyl (C=O) groups excluding carboxylic acids is 1. The molecule has 3 heterocycles. The zero-order valence-corrected chi connectivity index (χ0v) is 19.7. The van der Waals surface area contributed by atoms with Gasteiger partial charge in [-0.25, -0.2) is 4.98 Å². The Hall–Kier alpha value is -3.50. The average molecular weight is 500 g/mol. The van der Waals surface area contributed by atoms with Crippen molar-refractivity contribution in [2.45, 2.75) is 25.6 Å². The Balaban J connectivity index is 1.46. The molecule has 4 rings (SSSR count). The Morgan fingerprint density at radius 3 is 2.56 bits per heavy atom. The van der Waals surface area contributed by atoms with Crippen molar-refractivity contribution in [3.8, 4) is 0 Å². The lowest BCUT2D eigenvalue weighted by molar-refractivity contribution is -0.137. The molecule has 36 heavy (non-hydrogen) atoms. The molecule has 1 aliphatic rings. The molecule has 3 aromatic rings. The van der Waals surface area contributed by atoms with Gasteiger partial charge in [0, 0.05) is 43.9 Å². The van der Waals surface area contributed by atoms with E-state index in [-0.39, 0.29) is 11.3 Å². The van der Waals surface area contributed by atoms with Gasteiger partial charge in [0.25, 0.3) is 5.91 Å². The minimum atomic E-state index is -4.52. The Labute approximate surface area is 207 Å². The Kier molecular flexibility index (Phi) is 8.50. The number of hydrogen-bond acceptors (Lipinski definition) is 6. The first kappa shape index (κ1) is 25.6. The second kappa shape index (κ2) is 12.0. The van der Waals surface area contributed by atoms with Gasteiger partial charge in [0.05, 0.1) is 24.3 Å². The monoisotopic (exact) mass is 499 g/mol. The van der Waals surface area contributed by atoms with E-state index in [0.717, 1.165) is 37.3 Å². The predicted octanol–water partition coefficient (Wildman–Crippen LogP) is 4.62. The SMILES string of the molecule is O=C(Nc1cc(CCCN2CCOCC2)cc(C(F)(F)F)c1)c1cccnc1NCc1ccncc1. The number of alkyl halides is 3. The molecule has 0 bridgehead atoms. The number of nitrogens with one attached hydrogen (secondary N) is 2. The number of ether oxygens (including phenoxy) is 1. The van der Waals surface area contributed by atoms with Gasteiger partial charge in [-0.1, -0.05) is 0 Å². The number of pyridine rings is 2. The van der Waals surface area contributed by atoms with Gasteiger partial charge in [0.2, 0.25) is 0 Å². The van der Waals surface area contributed by atoms with E-state index in [0.29, 0.717) is 44.0 Å². The van der Waals surface area contributed by atoms with Crippen molar-refractivity contribution in [3.63, 3.8) is 0 Å². The maximum Gasteiger partial charge on any atom is 0.416 e. The van der Waals surface area contributed by atoms with Crippen LogP contribution in [0.5, 0.6) is 0 Å². The van der Waals surface area contributed by atoms with E-state index < -0.39 is 17.6 Å². The quantitative estimate of drug-likeness (QED) is 0.447. The van der Waals surface area contributed by atoms with Crippen LogP contribution in [0.4, 0.5) is 24.7 Å². The first-order chi connectivity index (χ1) is 17.4. The minimum Gasteiger partial charge on any atom is -0.379 e. The lowest BCUT2D eigenvalue weighted by Crippen LogP contribution is -2.36. The van der Waals surface area contributed by atoms with Crippen molar-refractivity contribution in [2.24, 2.45) is 0 Å². The molecule has 1 aliphatic heterocycles. The van der Waals surface area contributed by atoms with Gasteiger partial charge in [-0.05, 0) is 73.0 Å². The van der Waals surface area contributed by atoms with E-state index in [2.05, 4.69) is 25.5 Å². The van der Waals surface area contributed by atoms with Gasteiger partial charge in [-0.2, -0.15) is 13.2 Å². The van der Waals surface area contributed by atoms with Crippen molar-refractivity contribution >= 4 is 17.4 Å². The molecule has 1 aromatic carbocycles. The molecule has 7 nitrogen and oxygen atoms in total. The fourth-order valence-electron chi connectivity index (χ4n) is 4.02. The van der Waals surface area contributed by atoms with E-state index in [1.165, 1.54) is 0 Å². The zero-order valence-electron chi connectivity index (χ0n) is 19.7. The Bertz CT molecular complexity index is 1150. The second-order valence-corrected chi connectivity index (χ2v) is 8.54. The van der Waals surface area contributed by atoms with Gasteiger partial charge in [-0.15, -0.1) is 0 Å². The third-order valence-electron chi connectivity index (χ3n) is 5.88. The molecule has 1 amide bonds. The average Bonchev–Trinajstić information content (AvgIpc) is 2.88. The molecule has 0 spiro atoms. The largest absolute Gasteiger partial charge is 0.416 e. The first-order valence-electron chi connectivity index (χ1n) is 11.8. The standard InChI is InChI=1S/C26H28F3N5O2/c27-26(28,29)21-15-20(3-2-10-34-11-13-36-14-12-34)16-22(17-21)33-25(35)23-4-1-7-31-24(23)32-18-19-5-8-30-9-6-19/h1,4-9,15-17H,2-3,10-14,18H2,(H,31,32)(H,33,35). The number of aryl methyl sites for hydroxylation is 1. The highest BCUT2D eigenvalue weighted by Crippen LogP contribution is 2.32. The summed E-state index contributed by atoms with van der Waals surface area (Å²) in [6.07, 6.45) is 1.52. The highest BCUT2D eigenvalue weighted by atomic mass is 19.4. The van der Waals surface area contributed by atoms with Crippen LogP contribution in [0.25, 0.3) is 0 Å². The number of nitrogens with zero attached hydrogens (tertiary/aromatic N) is 3. The number of benzene rings is 1. The van der Waals surface area contributed by atoms with Gasteiger partial charge in [0.15, 0.2) is 0 Å². The lowest BCUT2D eigenvalue weighted by atomic mass is 10.0. The van der Waals surface area contributed by atoms with Crippen molar-refractivity contribution < 1.29 is 22.7 Å². The molecule has 1 fully saturated rings. The van der Waals surface area contributed by atoms with Crippen LogP contribution in [0, 0.1) is 0 Å². The summed E-state index contributed by atoms with van der Waals surface area (Å²) in [5, 5.41) is 5.74. The topological polar surface area (TPSA) is 79.4 Å². The van der Waals surface area contributed by atoms with Crippen LogP contribution in [-0.4, -0.2) is 53.6 Å². The molecule has 0 saturated carbocycles. The van der Waals surface area contributed by atoms with E-state index >= 15 is 0 Å². The lowest BCUT2D eigenvalue weighted by Gasteiger charge is -2.26. The van der Waals surface area contributed by atoms with Crippen LogP contribution in [-0.2, 0) is 23.9 Å². The summed E-state index contributed by atoms with van der Waals surface area (Å²) >= 11 is 0. The summed E-state index contributed by atoms with van der Waals surface area (Å²) in [5.74, 6) is -0.205. The van der Waals surface area contributed by atoms with E-state index in [9.17, 15) is 18.0 Å². The van der Waals surface area contributed by atoms with Crippen molar-refractivity contribution in [2.75, 3.05) is 43.5 Å². The summed E-state index contributed by atoms with van der Waals surface area (Å²) < 4.78 is 46.1. The van der Waals surface area contributed by atoms with Gasteiger partial charge in [-0.3, -0.25) is 14.7 Å². The van der Waals surface area contributed by atoms with Crippen molar-refractivity contribution in [1.29, 1.82) is 0 Å². The molecule has 10 heteroatoms. The molecule has 0 radical (unpaired) electrons. The molecule has 0 unspecified atom stereocenters. The van der Waals surface area contributed by atoms with Crippen LogP contribution < -0.4 is 10.6 Å². The third-order valence-corrected chi connectivity index (χ3v) is 5.88. The number of aromatic nitrogens is 2. The van der Waals surface area contributed by atoms with Crippen LogP contribution in [0.2, 0.25) is 0 Å². The fourth-order valence-corrected chi connectivity index (χ4v) is 4.02. The molecular weight excluding hydrogens is 471 g/mol. The molecule has 2 N–H and O–H groups in total. The summed E-state index contributed by atoms with van der Waals surface area (Å²) in [4.78, 5) is 23.5. The minimum absolute atomic E-state index is 0.0973. The maximum atomic E-state index is 13.6. The van der Waals surface area contributed by atoms with E-state index in [1.807, 2.05) is 12.1 Å². The van der Waals surface area contributed by atoms with E-state index in [1.54, 1.807) is 36.8 Å². The molecule has 0 aliphatic carbocycles. The van der Waals surface area contributed by atoms with E-state index in [4.69, 9.17) is 4.74 Å². The number of rotatable bonds is 9. The Morgan fingerprint density at radius 2 is 1.81 bits per heavy atom. The van der Waals surface area contributed by atoms with Crippen LogP contribution in [0.1, 0.15) is 33.5 Å². The predicted molar refractivity (Wildman–Crippen MR) is 131 cm³/mol. The molecule has 190 valence electrons. The maximum absolute atomic E-state index is 13.6. The molecular formula is C26H28F3N5O2. The van der Waals surface area contributed by atoms with Gasteiger partial charge in [0.1, 0.15) is 5.82 Å². The van der Waals surface area contributed by atoms with Crippen molar-refractivity contribution in [3.05, 3.63) is 83.3 Å². The smallest absolute Gasteiger partial charge is 0.379 e. The Morgan fingerprint density at radius 1 is 1.03 bits per heavy atom. The van der Waals surface area contributed by atoms with Crippen LogP contribution in [0.15, 0.2) is 61.1 Å². The summed E-state index contributed by atoms with van der Waals surface area (Å²) in [7, 11) is 0. The van der Waals surface area contributed by atoms with Crippen LogP contribution >= 0.6 is 0 Å². The number of carbonyl (C=O) groups is 1. The number of amides is 1. The third kappa shape index (κ3) is 7.25. The van der Waals surface area contributed by atoms with Gasteiger partial charge >= 0.3 is 6.18 Å². The summed E-state index contributed by atoms with van der Waals surface area (Å²) in [5.41, 5.74) is 1.01. The normalized spacial score (nSPS) is 14.4. The van der Waals surface area contributed by atoms with Gasteiger partial charge < -0.3 is 15.4 Å². The number of anilines is 2. The summed E-state index contributed by atoms with van der Waals surface area (Å²) in [6, 6.07) is 10.6. The van der Waals surface area contributed by atoms with Crippen molar-refractivity contribution in [1.82, 2.24) is 14.9 Å².